The molecule has 0 aliphatic heterocycles. The average molecular weight is 328 g/mol. The zero-order valence-electron chi connectivity index (χ0n) is 14.6. The molecule has 0 aliphatic rings. The maximum atomic E-state index is 12.1. The molecule has 5 nitrogen and oxygen atoms in total. The van der Waals surface area contributed by atoms with Crippen molar-refractivity contribution in [3.8, 4) is 0 Å². The van der Waals surface area contributed by atoms with Gasteiger partial charge in [0.2, 0.25) is 5.91 Å². The molecule has 1 amide bonds. The van der Waals surface area contributed by atoms with E-state index in [0.29, 0.717) is 31.3 Å². The Morgan fingerprint density at radius 2 is 2.00 bits per heavy atom. The first-order chi connectivity index (χ1) is 11.6. The quantitative estimate of drug-likeness (QED) is 0.742. The summed E-state index contributed by atoms with van der Waals surface area (Å²) >= 11 is 0. The largest absolute Gasteiger partial charge is 0.330 e. The van der Waals surface area contributed by atoms with E-state index < -0.39 is 0 Å². The van der Waals surface area contributed by atoms with Gasteiger partial charge in [-0.05, 0) is 36.8 Å². The van der Waals surface area contributed by atoms with Crippen LogP contribution >= 0.6 is 0 Å². The molecule has 1 atom stereocenters. The van der Waals surface area contributed by atoms with Gasteiger partial charge >= 0.3 is 0 Å². The van der Waals surface area contributed by atoms with Crippen molar-refractivity contribution in [3.63, 3.8) is 0 Å². The van der Waals surface area contributed by atoms with Crippen molar-refractivity contribution in [2.45, 2.75) is 39.7 Å². The van der Waals surface area contributed by atoms with E-state index in [-0.39, 0.29) is 5.91 Å². The fourth-order valence-electron chi connectivity index (χ4n) is 2.85. The van der Waals surface area contributed by atoms with E-state index in [9.17, 15) is 4.79 Å². The standard InChI is InChI=1S/C19H28N4O/c1-15(2)17(10-11-20)8-9-19(24)22-18-12-21-23(14-18)13-16-6-4-3-5-7-16/h3-7,12,14-15,17H,8-11,13,20H2,1-2H3,(H,22,24). The molecule has 0 fully saturated rings. The van der Waals surface area contributed by atoms with E-state index in [2.05, 4.69) is 36.4 Å². The van der Waals surface area contributed by atoms with E-state index >= 15 is 0 Å². The molecule has 24 heavy (non-hydrogen) atoms. The molecule has 0 radical (unpaired) electrons. The molecule has 130 valence electrons. The Morgan fingerprint density at radius 1 is 1.25 bits per heavy atom. The third-order valence-corrected chi connectivity index (χ3v) is 4.33. The maximum absolute atomic E-state index is 12.1. The molecule has 0 saturated carbocycles. The van der Waals surface area contributed by atoms with E-state index in [4.69, 9.17) is 5.73 Å². The highest BCUT2D eigenvalue weighted by molar-refractivity contribution is 5.90. The van der Waals surface area contributed by atoms with Gasteiger partial charge in [-0.1, -0.05) is 44.2 Å². The zero-order valence-corrected chi connectivity index (χ0v) is 14.6. The summed E-state index contributed by atoms with van der Waals surface area (Å²) in [5.41, 5.74) is 7.58. The highest BCUT2D eigenvalue weighted by Crippen LogP contribution is 2.20. The van der Waals surface area contributed by atoms with Gasteiger partial charge in [0.05, 0.1) is 18.4 Å². The third-order valence-electron chi connectivity index (χ3n) is 4.33. The monoisotopic (exact) mass is 328 g/mol. The summed E-state index contributed by atoms with van der Waals surface area (Å²) in [5.74, 6) is 1.09. The number of nitrogens with one attached hydrogen (secondary N) is 1. The van der Waals surface area contributed by atoms with Crippen LogP contribution in [-0.2, 0) is 11.3 Å². The van der Waals surface area contributed by atoms with Gasteiger partial charge in [-0.15, -0.1) is 0 Å². The van der Waals surface area contributed by atoms with E-state index in [0.717, 1.165) is 18.5 Å². The molecular weight excluding hydrogens is 300 g/mol. The minimum absolute atomic E-state index is 0.0388. The Bertz CT molecular complexity index is 621. The number of rotatable bonds is 9. The summed E-state index contributed by atoms with van der Waals surface area (Å²) in [5, 5.41) is 7.23. The van der Waals surface area contributed by atoms with Gasteiger partial charge < -0.3 is 11.1 Å². The van der Waals surface area contributed by atoms with Gasteiger partial charge in [0.25, 0.3) is 0 Å². The number of nitrogens with zero attached hydrogens (tertiary/aromatic N) is 2. The minimum atomic E-state index is 0.0388. The highest BCUT2D eigenvalue weighted by atomic mass is 16.1. The van der Waals surface area contributed by atoms with Crippen LogP contribution in [0, 0.1) is 11.8 Å². The number of anilines is 1. The van der Waals surface area contributed by atoms with Crippen molar-refractivity contribution >= 4 is 11.6 Å². The summed E-state index contributed by atoms with van der Waals surface area (Å²) in [6.07, 6.45) is 5.93. The molecule has 1 heterocycles. The van der Waals surface area contributed by atoms with Crippen molar-refractivity contribution in [2.75, 3.05) is 11.9 Å². The van der Waals surface area contributed by atoms with Gasteiger partial charge in [0.15, 0.2) is 0 Å². The van der Waals surface area contributed by atoms with E-state index in [1.165, 1.54) is 5.56 Å². The minimum Gasteiger partial charge on any atom is -0.330 e. The SMILES string of the molecule is CC(C)C(CCN)CCC(=O)Nc1cnn(Cc2ccccc2)c1. The van der Waals surface area contributed by atoms with Crippen LogP contribution in [0.3, 0.4) is 0 Å². The van der Waals surface area contributed by atoms with Gasteiger partial charge in [0.1, 0.15) is 0 Å². The lowest BCUT2D eigenvalue weighted by Crippen LogP contribution is -2.18. The summed E-state index contributed by atoms with van der Waals surface area (Å²) in [6, 6.07) is 10.1. The van der Waals surface area contributed by atoms with Crippen LogP contribution in [0.25, 0.3) is 0 Å². The molecule has 2 aromatic rings. The Labute approximate surface area is 144 Å². The molecule has 1 unspecified atom stereocenters. The van der Waals surface area contributed by atoms with Crippen molar-refractivity contribution < 1.29 is 4.79 Å². The number of hydrogen-bond acceptors (Lipinski definition) is 3. The van der Waals surface area contributed by atoms with Crippen molar-refractivity contribution in [2.24, 2.45) is 17.6 Å². The zero-order chi connectivity index (χ0) is 17.4. The summed E-state index contributed by atoms with van der Waals surface area (Å²) in [7, 11) is 0. The number of carbonyl (C=O) groups is 1. The first kappa shape index (κ1) is 18.2. The Balaban J connectivity index is 1.82. The molecule has 0 saturated heterocycles. The van der Waals surface area contributed by atoms with E-state index in [1.807, 2.05) is 29.1 Å². The molecule has 0 aliphatic carbocycles. The van der Waals surface area contributed by atoms with Gasteiger partial charge in [0, 0.05) is 12.6 Å². The lowest BCUT2D eigenvalue weighted by Gasteiger charge is -2.19. The first-order valence-corrected chi connectivity index (χ1v) is 8.64. The van der Waals surface area contributed by atoms with Crippen LogP contribution < -0.4 is 11.1 Å². The van der Waals surface area contributed by atoms with Crippen molar-refractivity contribution in [1.82, 2.24) is 9.78 Å². The molecule has 3 N–H and O–H groups in total. The fraction of sp³-hybridized carbons (Fsp3) is 0.474. The number of aromatic nitrogens is 2. The lowest BCUT2D eigenvalue weighted by atomic mass is 9.88. The molecule has 1 aromatic carbocycles. The Morgan fingerprint density at radius 3 is 2.67 bits per heavy atom. The fourth-order valence-corrected chi connectivity index (χ4v) is 2.85. The number of amides is 1. The van der Waals surface area contributed by atoms with E-state index in [1.54, 1.807) is 6.20 Å². The Hall–Kier alpha value is -2.14. The van der Waals surface area contributed by atoms with Crippen LogP contribution in [0.2, 0.25) is 0 Å². The van der Waals surface area contributed by atoms with Gasteiger partial charge in [-0.2, -0.15) is 5.10 Å². The van der Waals surface area contributed by atoms with Crippen LogP contribution in [0.15, 0.2) is 42.7 Å². The molecule has 0 spiro atoms. The number of benzene rings is 1. The molecule has 2 rings (SSSR count). The van der Waals surface area contributed by atoms with Gasteiger partial charge in [-0.3, -0.25) is 9.48 Å². The second kappa shape index (κ2) is 9.23. The third kappa shape index (κ3) is 5.81. The molecular formula is C19H28N4O. The smallest absolute Gasteiger partial charge is 0.224 e. The number of carbonyl (C=O) groups excluding carboxylic acids is 1. The summed E-state index contributed by atoms with van der Waals surface area (Å²) < 4.78 is 1.83. The number of hydrogen-bond donors (Lipinski definition) is 2. The molecule has 0 bridgehead atoms. The predicted octanol–water partition coefficient (Wildman–Crippen LogP) is 3.27. The average Bonchev–Trinajstić information content (AvgIpc) is 2.99. The van der Waals surface area contributed by atoms with Crippen molar-refractivity contribution in [3.05, 3.63) is 48.3 Å². The summed E-state index contributed by atoms with van der Waals surface area (Å²) in [6.45, 7) is 5.75. The second-order valence-corrected chi connectivity index (χ2v) is 6.58. The van der Waals surface area contributed by atoms with Gasteiger partial charge in [-0.25, -0.2) is 0 Å². The number of nitrogens with two attached hydrogens (primary N) is 1. The van der Waals surface area contributed by atoms with Crippen LogP contribution in [-0.4, -0.2) is 22.2 Å². The Kier molecular flexibility index (Phi) is 7.00. The first-order valence-electron chi connectivity index (χ1n) is 8.64. The topological polar surface area (TPSA) is 72.9 Å². The maximum Gasteiger partial charge on any atom is 0.224 e. The molecule has 1 aromatic heterocycles. The lowest BCUT2D eigenvalue weighted by molar-refractivity contribution is -0.116. The molecule has 5 heteroatoms. The van der Waals surface area contributed by atoms with Crippen LogP contribution in [0.4, 0.5) is 5.69 Å². The summed E-state index contributed by atoms with van der Waals surface area (Å²) in [4.78, 5) is 12.1. The van der Waals surface area contributed by atoms with Crippen molar-refractivity contribution in [1.29, 1.82) is 0 Å². The second-order valence-electron chi connectivity index (χ2n) is 6.58. The highest BCUT2D eigenvalue weighted by Gasteiger charge is 2.14. The van der Waals surface area contributed by atoms with Crippen LogP contribution in [0.1, 0.15) is 38.7 Å². The van der Waals surface area contributed by atoms with Crippen LogP contribution in [0.5, 0.6) is 0 Å². The predicted molar refractivity (Wildman–Crippen MR) is 97.6 cm³/mol. The normalized spacial score (nSPS) is 12.3.